The molecule has 0 bridgehead atoms. The van der Waals surface area contributed by atoms with Gasteiger partial charge in [-0.25, -0.2) is 0 Å². The Balaban J connectivity index is 2.57. The molecule has 0 saturated heterocycles. The Morgan fingerprint density at radius 3 is 2.48 bits per heavy atom. The van der Waals surface area contributed by atoms with Gasteiger partial charge in [0, 0.05) is 4.88 Å². The third kappa shape index (κ3) is 3.42. The monoisotopic (exact) mass is 333 g/mol. The molecule has 0 aliphatic carbocycles. The number of hydrogen-bond donors (Lipinski definition) is 1. The van der Waals surface area contributed by atoms with Gasteiger partial charge in [-0.1, -0.05) is 36.7 Å². The highest BCUT2D eigenvalue weighted by Gasteiger charge is 2.35. The molecule has 0 saturated carbocycles. The van der Waals surface area contributed by atoms with E-state index in [-0.39, 0.29) is 5.56 Å². The molecule has 1 nitrogen and oxygen atoms in total. The predicted octanol–water partition coefficient (Wildman–Crippen LogP) is 5.43. The number of halogens is 4. The molecule has 0 amide bonds. The van der Waals surface area contributed by atoms with Crippen LogP contribution in [0.1, 0.15) is 34.5 Å². The van der Waals surface area contributed by atoms with Crippen LogP contribution in [0.3, 0.4) is 0 Å². The van der Waals surface area contributed by atoms with Crippen LogP contribution in [0.4, 0.5) is 13.2 Å². The summed E-state index contributed by atoms with van der Waals surface area (Å²) in [4.78, 5) is 0.715. The van der Waals surface area contributed by atoms with E-state index in [0.717, 1.165) is 11.6 Å². The van der Waals surface area contributed by atoms with Gasteiger partial charge in [0.15, 0.2) is 0 Å². The number of rotatable bonds is 4. The van der Waals surface area contributed by atoms with Gasteiger partial charge in [-0.2, -0.15) is 13.2 Å². The van der Waals surface area contributed by atoms with E-state index < -0.39 is 17.8 Å². The first-order chi connectivity index (χ1) is 9.86. The topological polar surface area (TPSA) is 12.0 Å². The summed E-state index contributed by atoms with van der Waals surface area (Å²) >= 11 is 7.62. The Morgan fingerprint density at radius 2 is 1.95 bits per heavy atom. The summed E-state index contributed by atoms with van der Waals surface area (Å²) in [5.74, 6) is 0. The largest absolute Gasteiger partial charge is 0.416 e. The van der Waals surface area contributed by atoms with Crippen LogP contribution >= 0.6 is 22.9 Å². The van der Waals surface area contributed by atoms with Gasteiger partial charge < -0.3 is 5.32 Å². The first kappa shape index (κ1) is 16.3. The van der Waals surface area contributed by atoms with E-state index >= 15 is 0 Å². The van der Waals surface area contributed by atoms with Crippen LogP contribution in [-0.4, -0.2) is 6.54 Å². The smallest absolute Gasteiger partial charge is 0.306 e. The first-order valence-electron chi connectivity index (χ1n) is 6.49. The molecule has 1 atom stereocenters. The van der Waals surface area contributed by atoms with Crippen LogP contribution in [0.5, 0.6) is 0 Å². The quantitative estimate of drug-likeness (QED) is 0.787. The molecule has 2 rings (SSSR count). The number of thiophene rings is 1. The molecule has 21 heavy (non-hydrogen) atoms. The molecule has 1 heterocycles. The zero-order valence-electron chi connectivity index (χ0n) is 11.6. The minimum Gasteiger partial charge on any atom is -0.306 e. The van der Waals surface area contributed by atoms with Crippen LogP contribution in [-0.2, 0) is 6.18 Å². The second-order valence-electron chi connectivity index (χ2n) is 4.67. The minimum absolute atomic E-state index is 0.204. The van der Waals surface area contributed by atoms with Crippen LogP contribution in [0.25, 0.3) is 0 Å². The zero-order chi connectivity index (χ0) is 15.6. The number of hydrogen-bond acceptors (Lipinski definition) is 2. The average molecular weight is 334 g/mol. The van der Waals surface area contributed by atoms with Crippen molar-refractivity contribution in [2.45, 2.75) is 26.1 Å². The summed E-state index contributed by atoms with van der Waals surface area (Å²) in [5.41, 5.74) is 0.456. The van der Waals surface area contributed by atoms with Crippen LogP contribution in [0.2, 0.25) is 5.02 Å². The lowest BCUT2D eigenvalue weighted by Gasteiger charge is -2.22. The Hall–Kier alpha value is -1.04. The standard InChI is InChI=1S/C15H15ClF3NS/c1-3-20-13(14-12(16)9(2)8-21-14)10-6-4-5-7-11(10)15(17,18)19/h4-8,13,20H,3H2,1-2H3. The molecule has 0 spiro atoms. The van der Waals surface area contributed by atoms with Crippen molar-refractivity contribution in [2.24, 2.45) is 0 Å². The molecule has 1 unspecified atom stereocenters. The van der Waals surface area contributed by atoms with Crippen LogP contribution in [0.15, 0.2) is 29.6 Å². The third-order valence-electron chi connectivity index (χ3n) is 3.17. The maximum atomic E-state index is 13.2. The fourth-order valence-electron chi connectivity index (χ4n) is 2.20. The van der Waals surface area contributed by atoms with E-state index in [0.29, 0.717) is 16.4 Å². The minimum atomic E-state index is -4.39. The summed E-state index contributed by atoms with van der Waals surface area (Å²) < 4.78 is 39.6. The fraction of sp³-hybridized carbons (Fsp3) is 0.333. The maximum Gasteiger partial charge on any atom is 0.416 e. The molecular weight excluding hydrogens is 319 g/mol. The number of benzene rings is 1. The van der Waals surface area contributed by atoms with Gasteiger partial charge in [-0.05, 0) is 36.0 Å². The highest BCUT2D eigenvalue weighted by molar-refractivity contribution is 7.10. The summed E-state index contributed by atoms with van der Waals surface area (Å²) in [5, 5.41) is 5.50. The molecule has 0 aliphatic rings. The van der Waals surface area contributed by atoms with Gasteiger partial charge in [0.2, 0.25) is 0 Å². The molecule has 1 N–H and O–H groups in total. The Labute approximate surface area is 130 Å². The molecule has 0 fully saturated rings. The fourth-order valence-corrected chi connectivity index (χ4v) is 3.59. The van der Waals surface area contributed by atoms with E-state index in [1.165, 1.54) is 23.5 Å². The maximum absolute atomic E-state index is 13.2. The zero-order valence-corrected chi connectivity index (χ0v) is 13.2. The summed E-state index contributed by atoms with van der Waals surface area (Å²) in [7, 11) is 0. The molecule has 114 valence electrons. The lowest BCUT2D eigenvalue weighted by Crippen LogP contribution is -2.24. The van der Waals surface area contributed by atoms with Gasteiger partial charge in [0.1, 0.15) is 0 Å². The third-order valence-corrected chi connectivity index (χ3v) is 4.95. The Kier molecular flexibility index (Phi) is 4.96. The van der Waals surface area contributed by atoms with Crippen molar-refractivity contribution in [3.63, 3.8) is 0 Å². The van der Waals surface area contributed by atoms with Crippen molar-refractivity contribution in [2.75, 3.05) is 6.54 Å². The van der Waals surface area contributed by atoms with Crippen LogP contribution in [0, 0.1) is 6.92 Å². The van der Waals surface area contributed by atoms with Crippen LogP contribution < -0.4 is 5.32 Å². The Bertz CT molecular complexity index is 622. The van der Waals surface area contributed by atoms with E-state index in [2.05, 4.69) is 5.32 Å². The van der Waals surface area contributed by atoms with Crippen molar-refractivity contribution < 1.29 is 13.2 Å². The highest BCUT2D eigenvalue weighted by atomic mass is 35.5. The Morgan fingerprint density at radius 1 is 1.29 bits per heavy atom. The van der Waals surface area contributed by atoms with Crippen molar-refractivity contribution in [1.82, 2.24) is 5.32 Å². The average Bonchev–Trinajstić information content (AvgIpc) is 2.76. The first-order valence-corrected chi connectivity index (χ1v) is 7.75. The van der Waals surface area contributed by atoms with E-state index in [4.69, 9.17) is 11.6 Å². The van der Waals surface area contributed by atoms with E-state index in [9.17, 15) is 13.2 Å². The summed E-state index contributed by atoms with van der Waals surface area (Å²) in [6.45, 7) is 4.25. The lowest BCUT2D eigenvalue weighted by molar-refractivity contribution is -0.138. The van der Waals surface area contributed by atoms with Gasteiger partial charge >= 0.3 is 6.18 Å². The SMILES string of the molecule is CCNC(c1ccccc1C(F)(F)F)c1scc(C)c1Cl. The number of aryl methyl sites for hydroxylation is 1. The summed E-state index contributed by atoms with van der Waals surface area (Å²) in [6.07, 6.45) is -4.39. The van der Waals surface area contributed by atoms with Crippen molar-refractivity contribution in [1.29, 1.82) is 0 Å². The molecule has 2 aromatic rings. The lowest BCUT2D eigenvalue weighted by atomic mass is 9.98. The molecule has 1 aromatic heterocycles. The molecule has 0 aliphatic heterocycles. The second-order valence-corrected chi connectivity index (χ2v) is 5.96. The predicted molar refractivity (Wildman–Crippen MR) is 81.0 cm³/mol. The second kappa shape index (κ2) is 6.38. The molecule has 0 radical (unpaired) electrons. The van der Waals surface area contributed by atoms with Gasteiger partial charge in [-0.3, -0.25) is 0 Å². The summed E-state index contributed by atoms with van der Waals surface area (Å²) in [6, 6.07) is 5.06. The number of alkyl halides is 3. The van der Waals surface area contributed by atoms with Crippen molar-refractivity contribution >= 4 is 22.9 Å². The van der Waals surface area contributed by atoms with Gasteiger partial charge in [0.25, 0.3) is 0 Å². The van der Waals surface area contributed by atoms with Gasteiger partial charge in [0.05, 0.1) is 16.6 Å². The molecular formula is C15H15ClF3NS. The van der Waals surface area contributed by atoms with Gasteiger partial charge in [-0.15, -0.1) is 11.3 Å². The van der Waals surface area contributed by atoms with E-state index in [1.807, 2.05) is 19.2 Å². The number of nitrogens with one attached hydrogen (secondary N) is 1. The van der Waals surface area contributed by atoms with E-state index in [1.54, 1.807) is 6.07 Å². The highest BCUT2D eigenvalue weighted by Crippen LogP contribution is 2.40. The molecule has 1 aromatic carbocycles. The normalized spacial score (nSPS) is 13.4. The molecule has 6 heteroatoms. The van der Waals surface area contributed by atoms with Crippen molar-refractivity contribution in [3.05, 3.63) is 56.2 Å². The van der Waals surface area contributed by atoms with Crippen molar-refractivity contribution in [3.8, 4) is 0 Å².